The van der Waals surface area contributed by atoms with E-state index >= 15 is 0 Å². The second kappa shape index (κ2) is 7.30. The smallest absolute Gasteiger partial charge is 0.222 e. The molecular formula is C13H19ClN2O. The summed E-state index contributed by atoms with van der Waals surface area (Å²) in [7, 11) is 0. The van der Waals surface area contributed by atoms with Gasteiger partial charge in [0.05, 0.1) is 0 Å². The van der Waals surface area contributed by atoms with Gasteiger partial charge in [-0.2, -0.15) is 0 Å². The molecule has 0 fully saturated rings. The number of rotatable bonds is 6. The van der Waals surface area contributed by atoms with Crippen LogP contribution in [0.2, 0.25) is 5.02 Å². The van der Waals surface area contributed by atoms with Crippen molar-refractivity contribution in [2.45, 2.75) is 19.8 Å². The molecule has 17 heavy (non-hydrogen) atoms. The van der Waals surface area contributed by atoms with Crippen molar-refractivity contribution in [3.63, 3.8) is 0 Å². The van der Waals surface area contributed by atoms with Gasteiger partial charge in [0.2, 0.25) is 5.91 Å². The highest BCUT2D eigenvalue weighted by molar-refractivity contribution is 6.30. The molecule has 3 nitrogen and oxygen atoms in total. The van der Waals surface area contributed by atoms with Crippen LogP contribution >= 0.6 is 11.6 Å². The Kier molecular flexibility index (Phi) is 6.01. The van der Waals surface area contributed by atoms with Gasteiger partial charge in [-0.25, -0.2) is 0 Å². The van der Waals surface area contributed by atoms with E-state index in [1.54, 1.807) is 0 Å². The summed E-state index contributed by atoms with van der Waals surface area (Å²) in [4.78, 5) is 11.6. The standard InChI is InChI=1S/C13H19ClN2O/c1-10(6-8-15)13(17)16-9-7-11-2-4-12(14)5-3-11/h2-5,10H,6-9,15H2,1H3,(H,16,17). The fourth-order valence-electron chi connectivity index (χ4n) is 1.54. The third-order valence-corrected chi connectivity index (χ3v) is 2.93. The van der Waals surface area contributed by atoms with E-state index in [4.69, 9.17) is 17.3 Å². The van der Waals surface area contributed by atoms with Crippen LogP contribution in [0.4, 0.5) is 0 Å². The number of hydrogen-bond donors (Lipinski definition) is 2. The van der Waals surface area contributed by atoms with Gasteiger partial charge < -0.3 is 11.1 Å². The highest BCUT2D eigenvalue weighted by atomic mass is 35.5. The minimum Gasteiger partial charge on any atom is -0.356 e. The van der Waals surface area contributed by atoms with Crippen molar-refractivity contribution in [1.29, 1.82) is 0 Å². The van der Waals surface area contributed by atoms with Crippen LogP contribution in [0.15, 0.2) is 24.3 Å². The predicted octanol–water partition coefficient (Wildman–Crippen LogP) is 1.98. The van der Waals surface area contributed by atoms with Crippen molar-refractivity contribution in [3.05, 3.63) is 34.9 Å². The Hall–Kier alpha value is -1.06. The van der Waals surface area contributed by atoms with E-state index in [0.29, 0.717) is 13.1 Å². The van der Waals surface area contributed by atoms with E-state index in [-0.39, 0.29) is 11.8 Å². The number of halogens is 1. The van der Waals surface area contributed by atoms with Crippen LogP contribution in [0.3, 0.4) is 0 Å². The molecule has 0 saturated carbocycles. The number of hydrogen-bond acceptors (Lipinski definition) is 2. The molecule has 1 atom stereocenters. The molecule has 1 aromatic carbocycles. The Labute approximate surface area is 107 Å². The van der Waals surface area contributed by atoms with Gasteiger partial charge in [-0.1, -0.05) is 30.7 Å². The first-order valence-corrected chi connectivity index (χ1v) is 6.23. The molecule has 0 bridgehead atoms. The number of nitrogens with two attached hydrogens (primary N) is 1. The summed E-state index contributed by atoms with van der Waals surface area (Å²) in [5.41, 5.74) is 6.58. The second-order valence-electron chi connectivity index (χ2n) is 4.15. The largest absolute Gasteiger partial charge is 0.356 e. The Morgan fingerprint density at radius 3 is 2.65 bits per heavy atom. The summed E-state index contributed by atoms with van der Waals surface area (Å²) in [5.74, 6) is 0.0645. The fraction of sp³-hybridized carbons (Fsp3) is 0.462. The van der Waals surface area contributed by atoms with Gasteiger partial charge in [0, 0.05) is 17.5 Å². The van der Waals surface area contributed by atoms with E-state index in [2.05, 4.69) is 5.32 Å². The number of carbonyl (C=O) groups is 1. The molecule has 1 unspecified atom stereocenters. The SMILES string of the molecule is CC(CCN)C(=O)NCCc1ccc(Cl)cc1. The van der Waals surface area contributed by atoms with Crippen molar-refractivity contribution in [3.8, 4) is 0 Å². The first-order chi connectivity index (χ1) is 8.13. The molecule has 0 aromatic heterocycles. The average Bonchev–Trinajstić information content (AvgIpc) is 2.32. The minimum atomic E-state index is -0.00906. The molecule has 1 aromatic rings. The van der Waals surface area contributed by atoms with Crippen LogP contribution in [-0.2, 0) is 11.2 Å². The van der Waals surface area contributed by atoms with E-state index < -0.39 is 0 Å². The fourth-order valence-corrected chi connectivity index (χ4v) is 1.66. The summed E-state index contributed by atoms with van der Waals surface area (Å²) in [6.45, 7) is 3.09. The van der Waals surface area contributed by atoms with Crippen LogP contribution in [0.1, 0.15) is 18.9 Å². The zero-order chi connectivity index (χ0) is 12.7. The van der Waals surface area contributed by atoms with Crippen LogP contribution in [-0.4, -0.2) is 19.0 Å². The van der Waals surface area contributed by atoms with Crippen molar-refractivity contribution >= 4 is 17.5 Å². The molecule has 0 aliphatic carbocycles. The molecule has 0 aliphatic rings. The van der Waals surface area contributed by atoms with Gasteiger partial charge in [0.25, 0.3) is 0 Å². The Morgan fingerprint density at radius 1 is 1.41 bits per heavy atom. The third kappa shape index (κ3) is 5.20. The van der Waals surface area contributed by atoms with Crippen LogP contribution in [0.25, 0.3) is 0 Å². The van der Waals surface area contributed by atoms with E-state index in [0.717, 1.165) is 17.9 Å². The third-order valence-electron chi connectivity index (χ3n) is 2.67. The molecule has 0 heterocycles. The normalized spacial score (nSPS) is 12.2. The van der Waals surface area contributed by atoms with Gasteiger partial charge in [-0.3, -0.25) is 4.79 Å². The van der Waals surface area contributed by atoms with Gasteiger partial charge in [-0.05, 0) is 37.1 Å². The number of nitrogens with one attached hydrogen (secondary N) is 1. The monoisotopic (exact) mass is 254 g/mol. The molecule has 1 amide bonds. The molecule has 4 heteroatoms. The maximum atomic E-state index is 11.6. The van der Waals surface area contributed by atoms with Crippen molar-refractivity contribution < 1.29 is 4.79 Å². The molecule has 3 N–H and O–H groups in total. The predicted molar refractivity (Wildman–Crippen MR) is 71.0 cm³/mol. The first kappa shape index (κ1) is 14.0. The van der Waals surface area contributed by atoms with Crippen LogP contribution in [0.5, 0.6) is 0 Å². The van der Waals surface area contributed by atoms with Crippen molar-refractivity contribution in [2.24, 2.45) is 11.7 Å². The van der Waals surface area contributed by atoms with Crippen LogP contribution in [0, 0.1) is 5.92 Å². The minimum absolute atomic E-state index is 0.00906. The summed E-state index contributed by atoms with van der Waals surface area (Å²) < 4.78 is 0. The van der Waals surface area contributed by atoms with Gasteiger partial charge in [0.15, 0.2) is 0 Å². The highest BCUT2D eigenvalue weighted by Crippen LogP contribution is 2.09. The maximum Gasteiger partial charge on any atom is 0.222 e. The number of benzene rings is 1. The quantitative estimate of drug-likeness (QED) is 0.816. The van der Waals surface area contributed by atoms with E-state index in [1.807, 2.05) is 31.2 Å². The molecule has 0 spiro atoms. The lowest BCUT2D eigenvalue weighted by Gasteiger charge is -2.10. The summed E-state index contributed by atoms with van der Waals surface area (Å²) >= 11 is 5.79. The molecule has 1 rings (SSSR count). The first-order valence-electron chi connectivity index (χ1n) is 5.85. The lowest BCUT2D eigenvalue weighted by atomic mass is 10.1. The number of carbonyl (C=O) groups excluding carboxylic acids is 1. The molecular weight excluding hydrogens is 236 g/mol. The van der Waals surface area contributed by atoms with Crippen molar-refractivity contribution in [2.75, 3.05) is 13.1 Å². The summed E-state index contributed by atoms with van der Waals surface area (Å²) in [5, 5.41) is 3.63. The van der Waals surface area contributed by atoms with Gasteiger partial charge in [0.1, 0.15) is 0 Å². The number of amides is 1. The summed E-state index contributed by atoms with van der Waals surface area (Å²) in [6, 6.07) is 7.65. The Morgan fingerprint density at radius 2 is 2.06 bits per heavy atom. The van der Waals surface area contributed by atoms with E-state index in [1.165, 1.54) is 5.56 Å². The van der Waals surface area contributed by atoms with Gasteiger partial charge >= 0.3 is 0 Å². The highest BCUT2D eigenvalue weighted by Gasteiger charge is 2.10. The summed E-state index contributed by atoms with van der Waals surface area (Å²) in [6.07, 6.45) is 1.55. The Bertz CT molecular complexity index is 351. The molecule has 94 valence electrons. The van der Waals surface area contributed by atoms with Crippen LogP contribution < -0.4 is 11.1 Å². The molecule has 0 aliphatic heterocycles. The topological polar surface area (TPSA) is 55.1 Å². The second-order valence-corrected chi connectivity index (χ2v) is 4.58. The van der Waals surface area contributed by atoms with Crippen molar-refractivity contribution in [1.82, 2.24) is 5.32 Å². The lowest BCUT2D eigenvalue weighted by molar-refractivity contribution is -0.124. The Balaban J connectivity index is 2.28. The van der Waals surface area contributed by atoms with Gasteiger partial charge in [-0.15, -0.1) is 0 Å². The maximum absolute atomic E-state index is 11.6. The average molecular weight is 255 g/mol. The molecule has 0 radical (unpaired) electrons. The lowest BCUT2D eigenvalue weighted by Crippen LogP contribution is -2.31. The zero-order valence-electron chi connectivity index (χ0n) is 10.1. The van der Waals surface area contributed by atoms with E-state index in [9.17, 15) is 4.79 Å². The molecule has 0 saturated heterocycles. The zero-order valence-corrected chi connectivity index (χ0v) is 10.8.